The lowest BCUT2D eigenvalue weighted by Gasteiger charge is -2.13. The molecule has 0 amide bonds. The van der Waals surface area contributed by atoms with Gasteiger partial charge in [0.15, 0.2) is 17.3 Å². The first-order valence-corrected chi connectivity index (χ1v) is 7.09. The van der Waals surface area contributed by atoms with Gasteiger partial charge in [-0.3, -0.25) is 9.78 Å². The molecule has 0 atom stereocenters. The van der Waals surface area contributed by atoms with Crippen molar-refractivity contribution in [2.45, 2.75) is 13.8 Å². The summed E-state index contributed by atoms with van der Waals surface area (Å²) >= 11 is 0. The zero-order valence-electron chi connectivity index (χ0n) is 13.0. The van der Waals surface area contributed by atoms with E-state index in [1.807, 2.05) is 26.0 Å². The second-order valence-corrected chi connectivity index (χ2v) is 4.74. The topological polar surface area (TPSA) is 48.4 Å². The number of methoxy groups -OCH3 is 1. The van der Waals surface area contributed by atoms with Crippen molar-refractivity contribution in [3.8, 4) is 11.5 Å². The van der Waals surface area contributed by atoms with Gasteiger partial charge in [-0.2, -0.15) is 0 Å². The van der Waals surface area contributed by atoms with E-state index in [1.165, 1.54) is 0 Å². The van der Waals surface area contributed by atoms with Gasteiger partial charge in [0.1, 0.15) is 0 Å². The van der Waals surface area contributed by atoms with Gasteiger partial charge in [-0.15, -0.1) is 0 Å². The molecule has 0 bridgehead atoms. The van der Waals surface area contributed by atoms with Gasteiger partial charge >= 0.3 is 0 Å². The van der Waals surface area contributed by atoms with Gasteiger partial charge in [-0.1, -0.05) is 6.08 Å². The maximum atomic E-state index is 12.1. The summed E-state index contributed by atoms with van der Waals surface area (Å²) < 4.78 is 10.9. The first-order chi connectivity index (χ1) is 10.7. The zero-order chi connectivity index (χ0) is 15.9. The standard InChI is InChI=1S/C18H19NO3/c1-4-22-18-13(2)11-14(12-17(18)21-3)5-6-16(20)15-7-9-19-10-8-15/h5-12H,4H2,1-3H3. The quantitative estimate of drug-likeness (QED) is 0.602. The van der Waals surface area contributed by atoms with Crippen molar-refractivity contribution in [3.05, 3.63) is 59.4 Å². The van der Waals surface area contributed by atoms with Crippen LogP contribution in [-0.2, 0) is 0 Å². The van der Waals surface area contributed by atoms with Crippen LogP contribution in [0.5, 0.6) is 11.5 Å². The van der Waals surface area contributed by atoms with Crippen LogP contribution in [0.1, 0.15) is 28.4 Å². The van der Waals surface area contributed by atoms with Crippen LogP contribution in [0.4, 0.5) is 0 Å². The Morgan fingerprint density at radius 1 is 1.27 bits per heavy atom. The van der Waals surface area contributed by atoms with Gasteiger partial charge in [0.2, 0.25) is 0 Å². The monoisotopic (exact) mass is 297 g/mol. The van der Waals surface area contributed by atoms with Crippen molar-refractivity contribution in [1.29, 1.82) is 0 Å². The van der Waals surface area contributed by atoms with Crippen molar-refractivity contribution >= 4 is 11.9 Å². The minimum atomic E-state index is -0.0621. The molecule has 0 spiro atoms. The molecule has 0 fully saturated rings. The fourth-order valence-corrected chi connectivity index (χ4v) is 2.13. The van der Waals surface area contributed by atoms with Gasteiger partial charge in [-0.05, 0) is 55.3 Å². The van der Waals surface area contributed by atoms with E-state index in [4.69, 9.17) is 9.47 Å². The Kier molecular flexibility index (Phi) is 5.31. The Balaban J connectivity index is 2.24. The van der Waals surface area contributed by atoms with Crippen LogP contribution in [0, 0.1) is 6.92 Å². The molecule has 22 heavy (non-hydrogen) atoms. The highest BCUT2D eigenvalue weighted by molar-refractivity contribution is 6.06. The number of hydrogen-bond donors (Lipinski definition) is 0. The third-order valence-corrected chi connectivity index (χ3v) is 3.16. The molecule has 1 heterocycles. The molecular formula is C18H19NO3. The molecule has 0 aliphatic heterocycles. The first kappa shape index (κ1) is 15.8. The minimum Gasteiger partial charge on any atom is -0.493 e. The molecule has 0 saturated carbocycles. The summed E-state index contributed by atoms with van der Waals surface area (Å²) in [6.45, 7) is 4.46. The Morgan fingerprint density at radius 3 is 2.64 bits per heavy atom. The predicted molar refractivity (Wildman–Crippen MR) is 86.5 cm³/mol. The van der Waals surface area contributed by atoms with E-state index in [0.29, 0.717) is 17.9 Å². The van der Waals surface area contributed by atoms with E-state index in [1.54, 1.807) is 43.8 Å². The highest BCUT2D eigenvalue weighted by atomic mass is 16.5. The summed E-state index contributed by atoms with van der Waals surface area (Å²) in [7, 11) is 1.60. The smallest absolute Gasteiger partial charge is 0.185 e. The molecule has 114 valence electrons. The highest BCUT2D eigenvalue weighted by Crippen LogP contribution is 2.32. The molecule has 0 unspecified atom stereocenters. The molecule has 0 N–H and O–H groups in total. The molecule has 0 saturated heterocycles. The number of ketones is 1. The maximum absolute atomic E-state index is 12.1. The van der Waals surface area contributed by atoms with E-state index in [2.05, 4.69) is 4.98 Å². The molecule has 2 aromatic rings. The summed E-state index contributed by atoms with van der Waals surface area (Å²) in [4.78, 5) is 16.0. The number of allylic oxidation sites excluding steroid dienone is 1. The average Bonchev–Trinajstić information content (AvgIpc) is 2.55. The molecule has 1 aromatic heterocycles. The average molecular weight is 297 g/mol. The second-order valence-electron chi connectivity index (χ2n) is 4.74. The summed E-state index contributed by atoms with van der Waals surface area (Å²) in [5.41, 5.74) is 2.47. The number of ether oxygens (including phenoxy) is 2. The third kappa shape index (κ3) is 3.73. The lowest BCUT2D eigenvalue weighted by molar-refractivity contribution is 0.104. The molecule has 4 nitrogen and oxygen atoms in total. The van der Waals surface area contributed by atoms with Crippen molar-refractivity contribution in [2.75, 3.05) is 13.7 Å². The minimum absolute atomic E-state index is 0.0621. The highest BCUT2D eigenvalue weighted by Gasteiger charge is 2.09. The molecule has 0 aliphatic rings. The number of aryl methyl sites for hydroxylation is 1. The van der Waals surface area contributed by atoms with E-state index in [9.17, 15) is 4.79 Å². The second kappa shape index (κ2) is 7.41. The van der Waals surface area contributed by atoms with Crippen LogP contribution in [-0.4, -0.2) is 24.5 Å². The van der Waals surface area contributed by atoms with Crippen LogP contribution in [0.25, 0.3) is 6.08 Å². The number of hydrogen-bond acceptors (Lipinski definition) is 4. The third-order valence-electron chi connectivity index (χ3n) is 3.16. The number of rotatable bonds is 6. The number of benzene rings is 1. The van der Waals surface area contributed by atoms with Crippen LogP contribution < -0.4 is 9.47 Å². The number of aromatic nitrogens is 1. The Bertz CT molecular complexity index is 678. The van der Waals surface area contributed by atoms with E-state index < -0.39 is 0 Å². The summed E-state index contributed by atoms with van der Waals surface area (Å²) in [5, 5.41) is 0. The lowest BCUT2D eigenvalue weighted by Crippen LogP contribution is -1.98. The van der Waals surface area contributed by atoms with Gasteiger partial charge in [0.05, 0.1) is 13.7 Å². The van der Waals surface area contributed by atoms with Gasteiger partial charge < -0.3 is 9.47 Å². The number of nitrogens with zero attached hydrogens (tertiary/aromatic N) is 1. The largest absolute Gasteiger partial charge is 0.493 e. The predicted octanol–water partition coefficient (Wildman–Crippen LogP) is 3.69. The number of carbonyl (C=O) groups is 1. The summed E-state index contributed by atoms with van der Waals surface area (Å²) in [6, 6.07) is 7.20. The fourth-order valence-electron chi connectivity index (χ4n) is 2.13. The van der Waals surface area contributed by atoms with E-state index >= 15 is 0 Å². The summed E-state index contributed by atoms with van der Waals surface area (Å²) in [5.74, 6) is 1.34. The maximum Gasteiger partial charge on any atom is 0.185 e. The number of carbonyl (C=O) groups excluding carboxylic acids is 1. The van der Waals surface area contributed by atoms with E-state index in [0.717, 1.165) is 16.9 Å². The van der Waals surface area contributed by atoms with Crippen molar-refractivity contribution in [1.82, 2.24) is 4.98 Å². The molecule has 0 radical (unpaired) electrons. The van der Waals surface area contributed by atoms with Gasteiger partial charge in [0.25, 0.3) is 0 Å². The zero-order valence-corrected chi connectivity index (χ0v) is 13.0. The molecule has 0 aliphatic carbocycles. The van der Waals surface area contributed by atoms with E-state index in [-0.39, 0.29) is 5.78 Å². The molecule has 2 rings (SSSR count). The first-order valence-electron chi connectivity index (χ1n) is 7.09. The van der Waals surface area contributed by atoms with Crippen molar-refractivity contribution in [3.63, 3.8) is 0 Å². The molecular weight excluding hydrogens is 278 g/mol. The van der Waals surface area contributed by atoms with Gasteiger partial charge in [-0.25, -0.2) is 0 Å². The van der Waals surface area contributed by atoms with Crippen LogP contribution >= 0.6 is 0 Å². The Labute approximate surface area is 130 Å². The SMILES string of the molecule is CCOc1c(C)cc(C=CC(=O)c2ccncc2)cc1OC. The van der Waals surface area contributed by atoms with Crippen molar-refractivity contribution < 1.29 is 14.3 Å². The van der Waals surface area contributed by atoms with Gasteiger partial charge in [0, 0.05) is 18.0 Å². The molecule has 1 aromatic carbocycles. The Hall–Kier alpha value is -2.62. The Morgan fingerprint density at radius 2 is 2.00 bits per heavy atom. The molecule has 4 heteroatoms. The van der Waals surface area contributed by atoms with Crippen LogP contribution in [0.2, 0.25) is 0 Å². The normalized spacial score (nSPS) is 10.7. The number of pyridine rings is 1. The van der Waals surface area contributed by atoms with Crippen LogP contribution in [0.3, 0.4) is 0 Å². The summed E-state index contributed by atoms with van der Waals surface area (Å²) in [6.07, 6.45) is 6.52. The fraction of sp³-hybridized carbons (Fsp3) is 0.222. The lowest BCUT2D eigenvalue weighted by atomic mass is 10.1. The van der Waals surface area contributed by atoms with Crippen LogP contribution in [0.15, 0.2) is 42.7 Å². The van der Waals surface area contributed by atoms with Crippen molar-refractivity contribution in [2.24, 2.45) is 0 Å².